The Balaban J connectivity index is 2.83. The quantitative estimate of drug-likeness (QED) is 0.742. The highest BCUT2D eigenvalue weighted by Crippen LogP contribution is 2.25. The van der Waals surface area contributed by atoms with Crippen LogP contribution in [-0.2, 0) is 10.0 Å². The van der Waals surface area contributed by atoms with E-state index >= 15 is 0 Å². The van der Waals surface area contributed by atoms with Gasteiger partial charge in [0.2, 0.25) is 10.0 Å². The Hall–Kier alpha value is -0.820. The first-order chi connectivity index (χ1) is 8.51. The van der Waals surface area contributed by atoms with E-state index in [1.165, 1.54) is 19.2 Å². The SMILES string of the molecule is CCNCCNS(=O)(=O)c1cc(OC)ccc1Cl. The normalized spacial score (nSPS) is 11.5. The minimum atomic E-state index is -3.61. The number of likely N-dealkylation sites (N-methyl/N-ethyl adjacent to an activating group) is 1. The Labute approximate surface area is 113 Å². The third-order valence-electron chi connectivity index (χ3n) is 2.27. The smallest absolute Gasteiger partial charge is 0.242 e. The highest BCUT2D eigenvalue weighted by Gasteiger charge is 2.18. The van der Waals surface area contributed by atoms with Crippen molar-refractivity contribution in [1.29, 1.82) is 0 Å². The largest absolute Gasteiger partial charge is 0.497 e. The van der Waals surface area contributed by atoms with Crippen LogP contribution in [0.2, 0.25) is 5.02 Å². The van der Waals surface area contributed by atoms with Crippen molar-refractivity contribution >= 4 is 21.6 Å². The molecule has 0 atom stereocenters. The van der Waals surface area contributed by atoms with Crippen LogP contribution in [0.4, 0.5) is 0 Å². The molecule has 1 aromatic carbocycles. The van der Waals surface area contributed by atoms with Crippen LogP contribution in [0.15, 0.2) is 23.1 Å². The molecule has 1 rings (SSSR count). The van der Waals surface area contributed by atoms with Gasteiger partial charge in [-0.1, -0.05) is 18.5 Å². The van der Waals surface area contributed by atoms with Crippen molar-refractivity contribution in [3.8, 4) is 5.75 Å². The molecule has 0 aliphatic heterocycles. The molecule has 0 fully saturated rings. The molecule has 0 amide bonds. The van der Waals surface area contributed by atoms with Crippen LogP contribution >= 0.6 is 11.6 Å². The molecule has 102 valence electrons. The van der Waals surface area contributed by atoms with Gasteiger partial charge in [0.25, 0.3) is 0 Å². The van der Waals surface area contributed by atoms with Crippen molar-refractivity contribution in [1.82, 2.24) is 10.0 Å². The predicted octanol–water partition coefficient (Wildman–Crippen LogP) is 1.24. The molecule has 5 nitrogen and oxygen atoms in total. The Morgan fingerprint density at radius 3 is 2.67 bits per heavy atom. The molecule has 0 bridgehead atoms. The molecular weight excluding hydrogens is 276 g/mol. The van der Waals surface area contributed by atoms with Crippen molar-refractivity contribution in [3.05, 3.63) is 23.2 Å². The lowest BCUT2D eigenvalue weighted by Gasteiger charge is -2.10. The Morgan fingerprint density at radius 1 is 1.33 bits per heavy atom. The van der Waals surface area contributed by atoms with Crippen LogP contribution in [0.1, 0.15) is 6.92 Å². The zero-order chi connectivity index (χ0) is 13.6. The predicted molar refractivity (Wildman–Crippen MR) is 71.7 cm³/mol. The van der Waals surface area contributed by atoms with Gasteiger partial charge in [0, 0.05) is 19.2 Å². The van der Waals surface area contributed by atoms with E-state index in [9.17, 15) is 8.42 Å². The second-order valence-corrected chi connectivity index (χ2v) is 5.69. The fraction of sp³-hybridized carbons (Fsp3) is 0.455. The topological polar surface area (TPSA) is 67.4 Å². The van der Waals surface area contributed by atoms with Gasteiger partial charge in [-0.15, -0.1) is 0 Å². The summed E-state index contributed by atoms with van der Waals surface area (Å²) in [6.45, 7) is 3.62. The summed E-state index contributed by atoms with van der Waals surface area (Å²) in [5, 5.41) is 3.20. The molecule has 0 aromatic heterocycles. The van der Waals surface area contributed by atoms with E-state index in [1.807, 2.05) is 6.92 Å². The molecule has 0 radical (unpaired) electrons. The van der Waals surface area contributed by atoms with E-state index in [0.717, 1.165) is 6.54 Å². The van der Waals surface area contributed by atoms with Crippen molar-refractivity contribution in [2.45, 2.75) is 11.8 Å². The lowest BCUT2D eigenvalue weighted by atomic mass is 10.3. The maximum Gasteiger partial charge on any atom is 0.242 e. The molecule has 0 aliphatic carbocycles. The van der Waals surface area contributed by atoms with Crippen LogP contribution in [0.3, 0.4) is 0 Å². The van der Waals surface area contributed by atoms with Gasteiger partial charge in [-0.05, 0) is 18.7 Å². The van der Waals surface area contributed by atoms with Gasteiger partial charge in [-0.3, -0.25) is 0 Å². The summed E-state index contributed by atoms with van der Waals surface area (Å²) in [6.07, 6.45) is 0. The standard InChI is InChI=1S/C11H17ClN2O3S/c1-3-13-6-7-14-18(15,16)11-8-9(17-2)4-5-10(11)12/h4-5,8,13-14H,3,6-7H2,1-2H3. The van der Waals surface area contributed by atoms with E-state index in [0.29, 0.717) is 18.8 Å². The zero-order valence-corrected chi connectivity index (χ0v) is 11.9. The number of ether oxygens (including phenoxy) is 1. The first kappa shape index (κ1) is 15.2. The third-order valence-corrected chi connectivity index (χ3v) is 4.21. The molecule has 0 saturated carbocycles. The van der Waals surface area contributed by atoms with Gasteiger partial charge in [-0.2, -0.15) is 0 Å². The fourth-order valence-electron chi connectivity index (χ4n) is 1.34. The maximum absolute atomic E-state index is 12.0. The van der Waals surface area contributed by atoms with Gasteiger partial charge in [0.05, 0.1) is 12.1 Å². The zero-order valence-electron chi connectivity index (χ0n) is 10.4. The Kier molecular flexibility index (Phi) is 5.87. The molecule has 0 aliphatic rings. The van der Waals surface area contributed by atoms with Gasteiger partial charge in [-0.25, -0.2) is 13.1 Å². The van der Waals surface area contributed by atoms with E-state index in [-0.39, 0.29) is 9.92 Å². The first-order valence-electron chi connectivity index (χ1n) is 5.55. The van der Waals surface area contributed by atoms with Crippen LogP contribution in [0.25, 0.3) is 0 Å². The second-order valence-electron chi connectivity index (χ2n) is 3.55. The van der Waals surface area contributed by atoms with E-state index < -0.39 is 10.0 Å². The fourth-order valence-corrected chi connectivity index (χ4v) is 2.89. The van der Waals surface area contributed by atoms with Gasteiger partial charge in [0.15, 0.2) is 0 Å². The summed E-state index contributed by atoms with van der Waals surface area (Å²) in [4.78, 5) is 0.0278. The first-order valence-corrected chi connectivity index (χ1v) is 7.41. The van der Waals surface area contributed by atoms with E-state index in [1.54, 1.807) is 6.07 Å². The number of rotatable bonds is 7. The number of halogens is 1. The van der Waals surface area contributed by atoms with E-state index in [2.05, 4.69) is 10.0 Å². The number of hydrogen-bond donors (Lipinski definition) is 2. The summed E-state index contributed by atoms with van der Waals surface area (Å²) in [6, 6.07) is 4.51. The summed E-state index contributed by atoms with van der Waals surface area (Å²) < 4.78 is 31.5. The van der Waals surface area contributed by atoms with Gasteiger partial charge in [0.1, 0.15) is 10.6 Å². The monoisotopic (exact) mass is 292 g/mol. The van der Waals surface area contributed by atoms with Crippen molar-refractivity contribution in [3.63, 3.8) is 0 Å². The summed E-state index contributed by atoms with van der Waals surface area (Å²) in [5.41, 5.74) is 0. The molecule has 0 saturated heterocycles. The van der Waals surface area contributed by atoms with E-state index in [4.69, 9.17) is 16.3 Å². The molecule has 2 N–H and O–H groups in total. The Morgan fingerprint density at radius 2 is 2.06 bits per heavy atom. The van der Waals surface area contributed by atoms with Crippen LogP contribution in [0, 0.1) is 0 Å². The van der Waals surface area contributed by atoms with Crippen molar-refractivity contribution < 1.29 is 13.2 Å². The molecule has 7 heteroatoms. The Bertz CT molecular complexity index is 491. The van der Waals surface area contributed by atoms with Crippen molar-refractivity contribution in [2.24, 2.45) is 0 Å². The number of sulfonamides is 1. The third kappa shape index (κ3) is 4.13. The number of methoxy groups -OCH3 is 1. The minimum Gasteiger partial charge on any atom is -0.497 e. The second kappa shape index (κ2) is 6.94. The minimum absolute atomic E-state index is 0.0278. The van der Waals surface area contributed by atoms with Gasteiger partial charge >= 0.3 is 0 Å². The summed E-state index contributed by atoms with van der Waals surface area (Å²) in [7, 11) is -2.14. The van der Waals surface area contributed by atoms with Crippen LogP contribution in [-0.4, -0.2) is 35.2 Å². The molecule has 18 heavy (non-hydrogen) atoms. The lowest BCUT2D eigenvalue weighted by molar-refractivity contribution is 0.413. The average Bonchev–Trinajstić information content (AvgIpc) is 2.35. The van der Waals surface area contributed by atoms with Crippen LogP contribution < -0.4 is 14.8 Å². The van der Waals surface area contributed by atoms with Gasteiger partial charge < -0.3 is 10.1 Å². The number of nitrogens with one attached hydrogen (secondary N) is 2. The summed E-state index contributed by atoms with van der Waals surface area (Å²) in [5.74, 6) is 0.450. The molecule has 0 heterocycles. The maximum atomic E-state index is 12.0. The molecule has 0 spiro atoms. The van der Waals surface area contributed by atoms with Crippen molar-refractivity contribution in [2.75, 3.05) is 26.7 Å². The lowest BCUT2D eigenvalue weighted by Crippen LogP contribution is -2.31. The number of benzene rings is 1. The van der Waals surface area contributed by atoms with Crippen LogP contribution in [0.5, 0.6) is 5.75 Å². The molecular formula is C11H17ClN2O3S. The average molecular weight is 293 g/mol. The number of hydrogen-bond acceptors (Lipinski definition) is 4. The molecule has 1 aromatic rings. The highest BCUT2D eigenvalue weighted by molar-refractivity contribution is 7.89. The highest BCUT2D eigenvalue weighted by atomic mass is 35.5. The molecule has 0 unspecified atom stereocenters. The summed E-state index contributed by atoms with van der Waals surface area (Å²) >= 11 is 5.89.